The molecule has 1 saturated heterocycles. The second-order valence-corrected chi connectivity index (χ2v) is 9.38. The number of imidazole rings is 1. The normalized spacial score (nSPS) is 16.3. The number of likely N-dealkylation sites (tertiary alicyclic amines) is 1. The third-order valence-electron chi connectivity index (χ3n) is 4.69. The molecule has 1 aliphatic rings. The van der Waals surface area contributed by atoms with Gasteiger partial charge in [-0.25, -0.2) is 13.4 Å². The van der Waals surface area contributed by atoms with E-state index >= 15 is 0 Å². The average molecular weight is 356 g/mol. The van der Waals surface area contributed by atoms with Gasteiger partial charge in [-0.1, -0.05) is 27.2 Å². The molecule has 0 N–H and O–H groups in total. The molecule has 0 unspecified atom stereocenters. The van der Waals surface area contributed by atoms with E-state index in [2.05, 4.69) is 30.7 Å². The average Bonchev–Trinajstić information content (AvgIpc) is 3.15. The van der Waals surface area contributed by atoms with E-state index in [0.29, 0.717) is 12.3 Å². The lowest BCUT2D eigenvalue weighted by molar-refractivity contribution is 0.318. The van der Waals surface area contributed by atoms with Gasteiger partial charge in [0, 0.05) is 13.1 Å². The molecule has 24 heavy (non-hydrogen) atoms. The topological polar surface area (TPSA) is 55.2 Å². The third-order valence-corrected chi connectivity index (χ3v) is 6.40. The number of unbranched alkanes of at least 4 members (excludes halogenated alkanes) is 1. The minimum absolute atomic E-state index is 0.206. The van der Waals surface area contributed by atoms with E-state index in [4.69, 9.17) is 0 Å². The van der Waals surface area contributed by atoms with E-state index in [0.717, 1.165) is 51.1 Å². The van der Waals surface area contributed by atoms with Crippen molar-refractivity contribution >= 4 is 9.84 Å². The van der Waals surface area contributed by atoms with Crippen LogP contribution in [0.1, 0.15) is 65.0 Å². The van der Waals surface area contributed by atoms with E-state index < -0.39 is 9.84 Å². The van der Waals surface area contributed by atoms with E-state index in [9.17, 15) is 8.42 Å². The van der Waals surface area contributed by atoms with Crippen LogP contribution in [0, 0.1) is 5.92 Å². The van der Waals surface area contributed by atoms with Gasteiger partial charge in [0.2, 0.25) is 15.0 Å². The summed E-state index contributed by atoms with van der Waals surface area (Å²) in [4.78, 5) is 6.73. The molecule has 0 spiro atoms. The molecule has 5 nitrogen and oxygen atoms in total. The second-order valence-electron chi connectivity index (χ2n) is 7.38. The number of nitrogens with zero attached hydrogens (tertiary/aromatic N) is 3. The van der Waals surface area contributed by atoms with Crippen LogP contribution in [0.3, 0.4) is 0 Å². The van der Waals surface area contributed by atoms with Crippen molar-refractivity contribution in [3.63, 3.8) is 0 Å². The molecule has 2 rings (SSSR count). The van der Waals surface area contributed by atoms with Crippen LogP contribution in [0.15, 0.2) is 11.4 Å². The molecule has 0 atom stereocenters. The molecule has 6 heteroatoms. The van der Waals surface area contributed by atoms with Crippen LogP contribution in [0.5, 0.6) is 0 Å². The maximum atomic E-state index is 12.8. The highest BCUT2D eigenvalue weighted by Crippen LogP contribution is 2.19. The predicted molar refractivity (Wildman–Crippen MR) is 97.8 cm³/mol. The van der Waals surface area contributed by atoms with Crippen molar-refractivity contribution in [2.75, 3.05) is 18.8 Å². The van der Waals surface area contributed by atoms with Crippen molar-refractivity contribution in [1.82, 2.24) is 14.5 Å². The van der Waals surface area contributed by atoms with Crippen LogP contribution >= 0.6 is 0 Å². The maximum absolute atomic E-state index is 12.8. The SMILES string of the molecule is CCCCn1c(CN2CCCC2)cnc1S(=O)(=O)CCCC(C)C. The summed E-state index contributed by atoms with van der Waals surface area (Å²) in [5, 5.41) is 0.286. The molecule has 1 aromatic rings. The molecule has 0 aliphatic carbocycles. The molecule has 1 fully saturated rings. The minimum atomic E-state index is -3.30. The summed E-state index contributed by atoms with van der Waals surface area (Å²) in [5.74, 6) is 0.739. The second kappa shape index (κ2) is 8.99. The first kappa shape index (κ1) is 19.4. The summed E-state index contributed by atoms with van der Waals surface area (Å²) in [7, 11) is -3.30. The zero-order valence-corrected chi connectivity index (χ0v) is 16.3. The molecule has 0 bridgehead atoms. The molecular formula is C18H33N3O2S. The fourth-order valence-corrected chi connectivity index (χ4v) is 4.75. The number of aromatic nitrogens is 2. The molecule has 138 valence electrons. The monoisotopic (exact) mass is 355 g/mol. The molecule has 1 aromatic heterocycles. The Balaban J connectivity index is 2.16. The molecule has 0 saturated carbocycles. The van der Waals surface area contributed by atoms with Gasteiger partial charge >= 0.3 is 0 Å². The Morgan fingerprint density at radius 3 is 2.54 bits per heavy atom. The Kier molecular flexibility index (Phi) is 7.29. The summed E-state index contributed by atoms with van der Waals surface area (Å²) in [6, 6.07) is 0. The molecule has 0 radical (unpaired) electrons. The standard InChI is InChI=1S/C18H33N3O2S/c1-4-5-12-21-17(15-20-10-6-7-11-20)14-19-18(21)24(22,23)13-8-9-16(2)3/h14,16H,4-13,15H2,1-3H3. The van der Waals surface area contributed by atoms with Gasteiger partial charge in [0.1, 0.15) is 0 Å². The number of hydrogen-bond donors (Lipinski definition) is 0. The largest absolute Gasteiger partial charge is 0.318 e. The first-order chi connectivity index (χ1) is 11.4. The quantitative estimate of drug-likeness (QED) is 0.645. The van der Waals surface area contributed by atoms with Crippen molar-refractivity contribution in [1.29, 1.82) is 0 Å². The van der Waals surface area contributed by atoms with E-state index in [1.54, 1.807) is 6.20 Å². The lowest BCUT2D eigenvalue weighted by Crippen LogP contribution is -2.22. The van der Waals surface area contributed by atoms with Crippen molar-refractivity contribution in [2.45, 2.75) is 77.5 Å². The van der Waals surface area contributed by atoms with E-state index in [1.165, 1.54) is 12.8 Å². The highest BCUT2D eigenvalue weighted by Gasteiger charge is 2.24. The third kappa shape index (κ3) is 5.31. The van der Waals surface area contributed by atoms with Crippen LogP contribution in [0.25, 0.3) is 0 Å². The summed E-state index contributed by atoms with van der Waals surface area (Å²) < 4.78 is 27.5. The number of hydrogen-bond acceptors (Lipinski definition) is 4. The first-order valence-electron chi connectivity index (χ1n) is 9.43. The summed E-state index contributed by atoms with van der Waals surface area (Å²) in [5.41, 5.74) is 1.05. The zero-order valence-electron chi connectivity index (χ0n) is 15.5. The molecule has 1 aliphatic heterocycles. The molecule has 0 amide bonds. The lowest BCUT2D eigenvalue weighted by Gasteiger charge is -2.17. The predicted octanol–water partition coefficient (Wildman–Crippen LogP) is 3.49. The Labute approximate surface area is 147 Å². The van der Waals surface area contributed by atoms with Crippen LogP contribution in [0.2, 0.25) is 0 Å². The summed E-state index contributed by atoms with van der Waals surface area (Å²) in [6.07, 6.45) is 7.94. The van der Waals surface area contributed by atoms with Crippen molar-refractivity contribution in [2.24, 2.45) is 5.92 Å². The number of rotatable bonds is 10. The van der Waals surface area contributed by atoms with Gasteiger partial charge in [-0.15, -0.1) is 0 Å². The smallest absolute Gasteiger partial charge is 0.227 e. The van der Waals surface area contributed by atoms with Gasteiger partial charge in [0.25, 0.3) is 0 Å². The van der Waals surface area contributed by atoms with Crippen LogP contribution in [0.4, 0.5) is 0 Å². The van der Waals surface area contributed by atoms with Gasteiger partial charge in [-0.3, -0.25) is 4.90 Å². The summed E-state index contributed by atoms with van der Waals surface area (Å²) in [6.45, 7) is 10.2. The fraction of sp³-hybridized carbons (Fsp3) is 0.833. The summed E-state index contributed by atoms with van der Waals surface area (Å²) >= 11 is 0. The Bertz CT molecular complexity index is 602. The van der Waals surface area contributed by atoms with E-state index in [1.807, 2.05) is 4.57 Å². The van der Waals surface area contributed by atoms with Gasteiger partial charge in [-0.05, 0) is 51.1 Å². The highest BCUT2D eigenvalue weighted by atomic mass is 32.2. The van der Waals surface area contributed by atoms with Gasteiger partial charge in [0.05, 0.1) is 17.6 Å². The van der Waals surface area contributed by atoms with E-state index in [-0.39, 0.29) is 10.9 Å². The van der Waals surface area contributed by atoms with Gasteiger partial charge in [0.15, 0.2) is 0 Å². The fourth-order valence-electron chi connectivity index (χ4n) is 3.26. The van der Waals surface area contributed by atoms with Crippen molar-refractivity contribution in [3.8, 4) is 0 Å². The Morgan fingerprint density at radius 2 is 1.92 bits per heavy atom. The minimum Gasteiger partial charge on any atom is -0.318 e. The molecule has 2 heterocycles. The first-order valence-corrected chi connectivity index (χ1v) is 11.1. The van der Waals surface area contributed by atoms with Crippen LogP contribution < -0.4 is 0 Å². The Hall–Kier alpha value is -0.880. The number of sulfone groups is 1. The van der Waals surface area contributed by atoms with Gasteiger partial charge in [-0.2, -0.15) is 0 Å². The molecular weight excluding hydrogens is 322 g/mol. The van der Waals surface area contributed by atoms with Crippen molar-refractivity contribution < 1.29 is 8.42 Å². The lowest BCUT2D eigenvalue weighted by atomic mass is 10.1. The maximum Gasteiger partial charge on any atom is 0.227 e. The molecule has 0 aromatic carbocycles. The van der Waals surface area contributed by atoms with Crippen molar-refractivity contribution in [3.05, 3.63) is 11.9 Å². The Morgan fingerprint density at radius 1 is 1.21 bits per heavy atom. The van der Waals surface area contributed by atoms with Crippen LogP contribution in [-0.2, 0) is 22.9 Å². The van der Waals surface area contributed by atoms with Gasteiger partial charge < -0.3 is 4.57 Å². The zero-order chi connectivity index (χ0) is 17.6. The van der Waals surface area contributed by atoms with Crippen LogP contribution in [-0.4, -0.2) is 41.7 Å². The highest BCUT2D eigenvalue weighted by molar-refractivity contribution is 7.91.